The van der Waals surface area contributed by atoms with Crippen molar-refractivity contribution in [2.24, 2.45) is 0 Å². The van der Waals surface area contributed by atoms with Crippen molar-refractivity contribution in [2.45, 2.75) is 6.10 Å². The number of benzene rings is 2. The third-order valence-corrected chi connectivity index (χ3v) is 3.99. The van der Waals surface area contributed by atoms with E-state index in [1.165, 1.54) is 6.07 Å². The van der Waals surface area contributed by atoms with Crippen LogP contribution >= 0.6 is 39.1 Å². The highest BCUT2D eigenvalue weighted by atomic mass is 79.9. The summed E-state index contributed by atoms with van der Waals surface area (Å²) in [7, 11) is 0. The molecular formula is C14H11BrCl2FNO. The van der Waals surface area contributed by atoms with E-state index < -0.39 is 11.9 Å². The second-order valence-electron chi connectivity index (χ2n) is 4.16. The van der Waals surface area contributed by atoms with Gasteiger partial charge in [-0.25, -0.2) is 4.39 Å². The highest BCUT2D eigenvalue weighted by Crippen LogP contribution is 2.29. The van der Waals surface area contributed by atoms with E-state index in [2.05, 4.69) is 21.2 Å². The number of aliphatic hydroxyl groups is 1. The third-order valence-electron chi connectivity index (χ3n) is 2.75. The lowest BCUT2D eigenvalue weighted by Crippen LogP contribution is -2.13. The van der Waals surface area contributed by atoms with Crippen molar-refractivity contribution in [1.82, 2.24) is 0 Å². The van der Waals surface area contributed by atoms with Crippen LogP contribution < -0.4 is 5.32 Å². The quantitative estimate of drug-likeness (QED) is 0.780. The van der Waals surface area contributed by atoms with E-state index >= 15 is 0 Å². The molecule has 106 valence electrons. The summed E-state index contributed by atoms with van der Waals surface area (Å²) >= 11 is 15.1. The van der Waals surface area contributed by atoms with Crippen molar-refractivity contribution in [3.8, 4) is 0 Å². The van der Waals surface area contributed by atoms with Crippen molar-refractivity contribution in [3.05, 3.63) is 62.3 Å². The van der Waals surface area contributed by atoms with E-state index in [1.54, 1.807) is 30.3 Å². The van der Waals surface area contributed by atoms with Gasteiger partial charge in [-0.3, -0.25) is 0 Å². The van der Waals surface area contributed by atoms with E-state index in [4.69, 9.17) is 23.2 Å². The van der Waals surface area contributed by atoms with Gasteiger partial charge in [0.05, 0.1) is 11.8 Å². The monoisotopic (exact) mass is 377 g/mol. The van der Waals surface area contributed by atoms with Crippen LogP contribution in [0.15, 0.2) is 40.9 Å². The fraction of sp³-hybridized carbons (Fsp3) is 0.143. The summed E-state index contributed by atoms with van der Waals surface area (Å²) in [5.74, 6) is -0.399. The molecule has 2 aromatic rings. The normalized spacial score (nSPS) is 12.2. The van der Waals surface area contributed by atoms with E-state index in [-0.39, 0.29) is 6.54 Å². The van der Waals surface area contributed by atoms with Gasteiger partial charge in [0, 0.05) is 26.6 Å². The maximum absolute atomic E-state index is 13.6. The van der Waals surface area contributed by atoms with E-state index in [9.17, 15) is 9.50 Å². The average Bonchev–Trinajstić information content (AvgIpc) is 2.40. The molecule has 6 heteroatoms. The molecule has 0 aromatic heterocycles. The molecule has 0 saturated carbocycles. The van der Waals surface area contributed by atoms with Crippen LogP contribution in [0, 0.1) is 5.82 Å². The highest BCUT2D eigenvalue weighted by molar-refractivity contribution is 9.10. The summed E-state index contributed by atoms with van der Waals surface area (Å²) in [6, 6.07) is 9.49. The van der Waals surface area contributed by atoms with Gasteiger partial charge in [0.2, 0.25) is 0 Å². The second-order valence-corrected chi connectivity index (χ2v) is 5.86. The topological polar surface area (TPSA) is 32.3 Å². The molecule has 0 radical (unpaired) electrons. The summed E-state index contributed by atoms with van der Waals surface area (Å²) in [5, 5.41) is 13.9. The zero-order valence-electron chi connectivity index (χ0n) is 10.2. The fourth-order valence-corrected chi connectivity index (χ4v) is 2.65. The Balaban J connectivity index is 2.13. The first-order valence-electron chi connectivity index (χ1n) is 5.80. The highest BCUT2D eigenvalue weighted by Gasteiger charge is 2.14. The second kappa shape index (κ2) is 6.76. The molecule has 1 unspecified atom stereocenters. The van der Waals surface area contributed by atoms with Crippen LogP contribution in [0.2, 0.25) is 10.0 Å². The third kappa shape index (κ3) is 3.64. The Labute approximate surface area is 134 Å². The Bertz CT molecular complexity index is 604. The molecule has 0 bridgehead atoms. The average molecular weight is 379 g/mol. The van der Waals surface area contributed by atoms with Gasteiger partial charge >= 0.3 is 0 Å². The van der Waals surface area contributed by atoms with Crippen molar-refractivity contribution >= 4 is 44.8 Å². The van der Waals surface area contributed by atoms with Crippen molar-refractivity contribution in [3.63, 3.8) is 0 Å². The molecule has 20 heavy (non-hydrogen) atoms. The maximum atomic E-state index is 13.6. The van der Waals surface area contributed by atoms with Gasteiger partial charge in [-0.05, 0) is 46.3 Å². The Morgan fingerprint density at radius 2 is 2.00 bits per heavy atom. The number of halogens is 4. The molecule has 0 aliphatic rings. The van der Waals surface area contributed by atoms with Gasteiger partial charge in [-0.15, -0.1) is 0 Å². The molecule has 2 nitrogen and oxygen atoms in total. The lowest BCUT2D eigenvalue weighted by Gasteiger charge is -2.16. The summed E-state index contributed by atoms with van der Waals surface area (Å²) in [6.45, 7) is 0.111. The number of nitrogens with one attached hydrogen (secondary N) is 1. The van der Waals surface area contributed by atoms with Crippen LogP contribution in [0.3, 0.4) is 0 Å². The summed E-state index contributed by atoms with van der Waals surface area (Å²) < 4.78 is 14.2. The van der Waals surface area contributed by atoms with E-state index in [0.717, 1.165) is 0 Å². The zero-order valence-corrected chi connectivity index (χ0v) is 13.3. The Morgan fingerprint density at radius 3 is 2.70 bits per heavy atom. The van der Waals surface area contributed by atoms with Crippen LogP contribution in [0.25, 0.3) is 0 Å². The number of para-hydroxylation sites is 1. The molecule has 2 N–H and O–H groups in total. The number of anilines is 1. The zero-order chi connectivity index (χ0) is 14.7. The van der Waals surface area contributed by atoms with Gasteiger partial charge in [-0.2, -0.15) is 0 Å². The molecule has 0 aliphatic heterocycles. The van der Waals surface area contributed by atoms with Crippen LogP contribution in [-0.4, -0.2) is 11.7 Å². The van der Waals surface area contributed by atoms with Gasteiger partial charge in [0.25, 0.3) is 0 Å². The number of hydrogen-bond donors (Lipinski definition) is 2. The summed E-state index contributed by atoms with van der Waals surface area (Å²) in [4.78, 5) is 0. The molecule has 1 atom stereocenters. The van der Waals surface area contributed by atoms with E-state index in [0.29, 0.717) is 25.8 Å². The van der Waals surface area contributed by atoms with Crippen molar-refractivity contribution in [2.75, 3.05) is 11.9 Å². The largest absolute Gasteiger partial charge is 0.387 e. The van der Waals surface area contributed by atoms with Gasteiger partial charge < -0.3 is 10.4 Å². The SMILES string of the molecule is OC(CNc1c(F)cccc1Br)c1cc(Cl)ccc1Cl. The molecular weight excluding hydrogens is 368 g/mol. The van der Waals surface area contributed by atoms with E-state index in [1.807, 2.05) is 0 Å². The molecule has 0 saturated heterocycles. The van der Waals surface area contributed by atoms with Crippen LogP contribution in [0.4, 0.5) is 10.1 Å². The number of hydrogen-bond acceptors (Lipinski definition) is 2. The molecule has 0 heterocycles. The summed E-state index contributed by atoms with van der Waals surface area (Å²) in [6.07, 6.45) is -0.896. The predicted octanol–water partition coefficient (Wildman–Crippen LogP) is 5.04. The Hall–Kier alpha value is -0.810. The van der Waals surface area contributed by atoms with Crippen LogP contribution in [0.1, 0.15) is 11.7 Å². The molecule has 0 fully saturated rings. The van der Waals surface area contributed by atoms with Gasteiger partial charge in [0.15, 0.2) is 0 Å². The Morgan fingerprint density at radius 1 is 1.25 bits per heavy atom. The molecule has 0 aliphatic carbocycles. The van der Waals surface area contributed by atoms with Gasteiger partial charge in [0.1, 0.15) is 5.82 Å². The smallest absolute Gasteiger partial charge is 0.147 e. The lowest BCUT2D eigenvalue weighted by molar-refractivity contribution is 0.191. The first kappa shape index (κ1) is 15.6. The minimum atomic E-state index is -0.896. The minimum absolute atomic E-state index is 0.111. The Kier molecular flexibility index (Phi) is 5.27. The molecule has 0 amide bonds. The molecule has 0 spiro atoms. The molecule has 2 aromatic carbocycles. The lowest BCUT2D eigenvalue weighted by atomic mass is 10.1. The van der Waals surface area contributed by atoms with Crippen molar-refractivity contribution in [1.29, 1.82) is 0 Å². The maximum Gasteiger partial charge on any atom is 0.147 e. The fourth-order valence-electron chi connectivity index (χ4n) is 1.75. The van der Waals surface area contributed by atoms with Crippen LogP contribution in [-0.2, 0) is 0 Å². The first-order valence-corrected chi connectivity index (χ1v) is 7.35. The first-order chi connectivity index (χ1) is 9.49. The number of rotatable bonds is 4. The summed E-state index contributed by atoms with van der Waals surface area (Å²) in [5.41, 5.74) is 0.795. The van der Waals surface area contributed by atoms with Crippen molar-refractivity contribution < 1.29 is 9.50 Å². The number of aliphatic hydroxyl groups excluding tert-OH is 1. The molecule has 2 rings (SSSR count). The van der Waals surface area contributed by atoms with Crippen LogP contribution in [0.5, 0.6) is 0 Å². The minimum Gasteiger partial charge on any atom is -0.387 e. The predicted molar refractivity (Wildman–Crippen MR) is 84.0 cm³/mol. The van der Waals surface area contributed by atoms with Gasteiger partial charge in [-0.1, -0.05) is 29.3 Å². The standard InChI is InChI=1S/C14H11BrCl2FNO/c15-10-2-1-3-12(18)14(10)19-7-13(20)9-6-8(16)4-5-11(9)17/h1-6,13,19-20H,7H2.